The van der Waals surface area contributed by atoms with Crippen LogP contribution in [0.2, 0.25) is 0 Å². The lowest BCUT2D eigenvalue weighted by atomic mass is 10.0. The second-order valence-corrected chi connectivity index (χ2v) is 9.16. The number of rotatable bonds is 5. The van der Waals surface area contributed by atoms with Crippen molar-refractivity contribution in [3.05, 3.63) is 43.9 Å². The maximum Gasteiger partial charge on any atom is 0.196 e. The Hall–Kier alpha value is -1.73. The van der Waals surface area contributed by atoms with Crippen LogP contribution in [-0.2, 0) is 0 Å². The summed E-state index contributed by atoms with van der Waals surface area (Å²) in [7, 11) is 6.03. The maximum atomic E-state index is 13.0. The lowest BCUT2D eigenvalue weighted by Crippen LogP contribution is -3.00. The number of ether oxygens (including phenoxy) is 1. The minimum atomic E-state index is -0.598. The van der Waals surface area contributed by atoms with Gasteiger partial charge in [-0.15, -0.1) is 11.3 Å². The lowest BCUT2D eigenvalue weighted by molar-refractivity contribution is -0.873. The van der Waals surface area contributed by atoms with E-state index in [4.69, 9.17) is 4.74 Å². The fourth-order valence-corrected chi connectivity index (χ4v) is 4.56. The number of ketones is 1. The van der Waals surface area contributed by atoms with Gasteiger partial charge in [0.25, 0.3) is 0 Å². The molecule has 0 saturated heterocycles. The second kappa shape index (κ2) is 8.33. The lowest BCUT2D eigenvalue weighted by Gasteiger charge is -2.27. The molecule has 1 heterocycles. The summed E-state index contributed by atoms with van der Waals surface area (Å²) in [4.78, 5) is 25.7. The van der Waals surface area contributed by atoms with Crippen molar-refractivity contribution in [2.75, 3.05) is 34.3 Å². The SMILES string of the molecule is Cc1c(OCC(O)C[N+](C)(C)C)cc2c(=O)c3c(sc2c1C)C(=O)CC=C3.[Cl-]. The van der Waals surface area contributed by atoms with Crippen LogP contribution in [0.3, 0.4) is 0 Å². The molecule has 0 saturated carbocycles. The van der Waals surface area contributed by atoms with Gasteiger partial charge in [-0.05, 0) is 31.0 Å². The molecule has 1 aromatic carbocycles. The van der Waals surface area contributed by atoms with Crippen LogP contribution in [-0.4, -0.2) is 55.8 Å². The Balaban J connectivity index is 0.00000280. The van der Waals surface area contributed by atoms with Crippen molar-refractivity contribution in [1.82, 2.24) is 0 Å². The number of hydrogen-bond donors (Lipinski definition) is 1. The first-order valence-electron chi connectivity index (χ1n) is 9.00. The van der Waals surface area contributed by atoms with E-state index in [1.807, 2.05) is 35.0 Å². The molecule has 2 aromatic rings. The van der Waals surface area contributed by atoms with Crippen molar-refractivity contribution in [3.8, 4) is 5.75 Å². The Bertz CT molecular complexity index is 1000. The third-order valence-electron chi connectivity index (χ3n) is 4.76. The normalized spacial score (nSPS) is 14.6. The van der Waals surface area contributed by atoms with E-state index in [0.717, 1.165) is 15.8 Å². The minimum absolute atomic E-state index is 0. The molecule has 1 N–H and O–H groups in total. The number of aliphatic hydroxyl groups is 1. The summed E-state index contributed by atoms with van der Waals surface area (Å²) < 4.78 is 7.34. The van der Waals surface area contributed by atoms with Crippen LogP contribution in [0.5, 0.6) is 5.75 Å². The zero-order valence-electron chi connectivity index (χ0n) is 16.8. The number of hydrogen-bond acceptors (Lipinski definition) is 5. The molecule has 7 heteroatoms. The number of aryl methyl sites for hydroxylation is 1. The molecule has 1 atom stereocenters. The first kappa shape index (κ1) is 22.6. The molecule has 3 rings (SSSR count). The zero-order chi connectivity index (χ0) is 19.9. The number of benzene rings is 1. The number of Topliss-reactive ketones (excluding diaryl/α,β-unsaturated/α-hetero) is 1. The Morgan fingerprint density at radius 1 is 1.21 bits per heavy atom. The van der Waals surface area contributed by atoms with Crippen LogP contribution in [0.4, 0.5) is 0 Å². The molecule has 1 aliphatic carbocycles. The summed E-state index contributed by atoms with van der Waals surface area (Å²) in [6, 6.07) is 1.75. The molecule has 0 aliphatic heterocycles. The second-order valence-electron chi connectivity index (χ2n) is 8.14. The van der Waals surface area contributed by atoms with Crippen LogP contribution in [0.1, 0.15) is 32.8 Å². The first-order chi connectivity index (χ1) is 12.6. The average molecular weight is 424 g/mol. The van der Waals surface area contributed by atoms with Gasteiger partial charge in [0.15, 0.2) is 11.2 Å². The van der Waals surface area contributed by atoms with Crippen LogP contribution < -0.4 is 22.6 Å². The highest BCUT2D eigenvalue weighted by Gasteiger charge is 2.22. The number of carbonyl (C=O) groups excluding carboxylic acids is 1. The van der Waals surface area contributed by atoms with E-state index in [2.05, 4.69) is 0 Å². The number of likely N-dealkylation sites (N-methyl/N-ethyl adjacent to an activating group) is 1. The van der Waals surface area contributed by atoms with Crippen molar-refractivity contribution < 1.29 is 31.5 Å². The molecule has 0 bridgehead atoms. The van der Waals surface area contributed by atoms with E-state index >= 15 is 0 Å². The van der Waals surface area contributed by atoms with Crippen molar-refractivity contribution in [1.29, 1.82) is 0 Å². The molecule has 152 valence electrons. The zero-order valence-corrected chi connectivity index (χ0v) is 18.4. The standard InChI is InChI=1S/C21H26NO4S.ClH/c1-12-13(2)20-16(9-18(12)26-11-14(23)10-22(3,4)5)19(25)15-7-6-8-17(24)21(15)27-20;/h6-7,9,14,23H,8,10-11H2,1-5H3;1H/q+1;/p-1. The third-order valence-corrected chi connectivity index (χ3v) is 6.14. The van der Waals surface area contributed by atoms with Crippen LogP contribution >= 0.6 is 11.3 Å². The Labute approximate surface area is 175 Å². The van der Waals surface area contributed by atoms with E-state index in [1.54, 1.807) is 18.2 Å². The fraction of sp³-hybridized carbons (Fsp3) is 0.429. The number of nitrogens with zero attached hydrogens (tertiary/aromatic N) is 1. The molecular weight excluding hydrogens is 398 g/mol. The van der Waals surface area contributed by atoms with E-state index < -0.39 is 6.10 Å². The predicted octanol–water partition coefficient (Wildman–Crippen LogP) is -0.0722. The molecule has 0 radical (unpaired) electrons. The number of aliphatic hydroxyl groups excluding tert-OH is 1. The summed E-state index contributed by atoms with van der Waals surface area (Å²) in [6.07, 6.45) is 3.23. The highest BCUT2D eigenvalue weighted by Crippen LogP contribution is 2.34. The highest BCUT2D eigenvalue weighted by atomic mass is 35.5. The van der Waals surface area contributed by atoms with Gasteiger partial charge in [0.05, 0.1) is 26.0 Å². The molecule has 1 aliphatic rings. The van der Waals surface area contributed by atoms with Gasteiger partial charge in [0.1, 0.15) is 25.0 Å². The molecule has 0 fully saturated rings. The summed E-state index contributed by atoms with van der Waals surface area (Å²) in [6.45, 7) is 4.62. The van der Waals surface area contributed by atoms with Crippen molar-refractivity contribution in [2.24, 2.45) is 0 Å². The number of allylic oxidation sites excluding steroid dienone is 1. The molecule has 0 amide bonds. The summed E-state index contributed by atoms with van der Waals surface area (Å²) in [5.41, 5.74) is 2.20. The predicted molar refractivity (Wildman–Crippen MR) is 110 cm³/mol. The molecule has 28 heavy (non-hydrogen) atoms. The quantitative estimate of drug-likeness (QED) is 0.684. The smallest absolute Gasteiger partial charge is 0.196 e. The van der Waals surface area contributed by atoms with Gasteiger partial charge >= 0.3 is 0 Å². The number of fused-ring (bicyclic) bond motifs is 2. The van der Waals surface area contributed by atoms with Gasteiger partial charge in [-0.1, -0.05) is 12.2 Å². The molecule has 1 unspecified atom stereocenters. The average Bonchev–Trinajstić information content (AvgIpc) is 2.57. The van der Waals surface area contributed by atoms with Crippen LogP contribution in [0.25, 0.3) is 16.2 Å². The van der Waals surface area contributed by atoms with Crippen molar-refractivity contribution in [2.45, 2.75) is 26.4 Å². The van der Waals surface area contributed by atoms with Gasteiger partial charge < -0.3 is 26.7 Å². The summed E-state index contributed by atoms with van der Waals surface area (Å²) >= 11 is 1.39. The van der Waals surface area contributed by atoms with E-state index in [-0.39, 0.29) is 30.2 Å². The van der Waals surface area contributed by atoms with Crippen molar-refractivity contribution >= 4 is 33.3 Å². The number of carbonyl (C=O) groups is 1. The minimum Gasteiger partial charge on any atom is -1.00 e. The van der Waals surface area contributed by atoms with E-state index in [9.17, 15) is 14.7 Å². The summed E-state index contributed by atoms with van der Waals surface area (Å²) in [5.74, 6) is 0.605. The third kappa shape index (κ3) is 4.46. The van der Waals surface area contributed by atoms with Gasteiger partial charge in [-0.3, -0.25) is 9.59 Å². The Morgan fingerprint density at radius 3 is 2.54 bits per heavy atom. The van der Waals surface area contributed by atoms with Crippen molar-refractivity contribution in [3.63, 3.8) is 0 Å². The van der Waals surface area contributed by atoms with Crippen LogP contribution in [0.15, 0.2) is 16.9 Å². The van der Waals surface area contributed by atoms with Gasteiger partial charge in [0.2, 0.25) is 0 Å². The van der Waals surface area contributed by atoms with Crippen LogP contribution in [0, 0.1) is 13.8 Å². The number of halogens is 1. The molecule has 0 spiro atoms. The van der Waals surface area contributed by atoms with Gasteiger partial charge in [-0.25, -0.2) is 0 Å². The van der Waals surface area contributed by atoms with E-state index in [0.29, 0.717) is 39.0 Å². The van der Waals surface area contributed by atoms with Gasteiger partial charge in [0, 0.05) is 22.1 Å². The first-order valence-corrected chi connectivity index (χ1v) is 9.82. The topological polar surface area (TPSA) is 63.6 Å². The van der Waals surface area contributed by atoms with E-state index in [1.165, 1.54) is 11.3 Å². The highest BCUT2D eigenvalue weighted by molar-refractivity contribution is 7.20. The molecular formula is C21H26ClNO4S. The monoisotopic (exact) mass is 423 g/mol. The largest absolute Gasteiger partial charge is 1.00 e. The van der Waals surface area contributed by atoms with Gasteiger partial charge in [-0.2, -0.15) is 0 Å². The summed E-state index contributed by atoms with van der Waals surface area (Å²) in [5, 5.41) is 10.8. The number of quaternary nitrogens is 1. The fourth-order valence-electron chi connectivity index (χ4n) is 3.32. The molecule has 1 aromatic heterocycles. The Kier molecular flexibility index (Phi) is 6.71. The Morgan fingerprint density at radius 2 is 1.89 bits per heavy atom. The molecule has 5 nitrogen and oxygen atoms in total. The maximum absolute atomic E-state index is 13.0.